The fraction of sp³-hybridized carbons (Fsp3) is 0.550. The van der Waals surface area contributed by atoms with Crippen molar-refractivity contribution in [3.63, 3.8) is 0 Å². The zero-order valence-electron chi connectivity index (χ0n) is 31.2. The lowest BCUT2D eigenvalue weighted by molar-refractivity contribution is -0.154. The summed E-state index contributed by atoms with van der Waals surface area (Å²) in [5, 5.41) is 2.87. The maximum Gasteiger partial charge on any atom is 0.306 e. The van der Waals surface area contributed by atoms with E-state index < -0.39 is 102 Å². The molecule has 2 N–H and O–H groups in total. The molecular formula is C20H27NO3. The van der Waals surface area contributed by atoms with E-state index in [1.54, 1.807) is 0 Å². The molecule has 3 rings (SSSR count). The number of benzene rings is 1. The average molecular weight is 348 g/mol. The summed E-state index contributed by atoms with van der Waals surface area (Å²) in [6.07, 6.45) is -13.5. The van der Waals surface area contributed by atoms with Crippen LogP contribution in [0.25, 0.3) is 12.3 Å². The Hall–Kier alpha value is -1.81. The van der Waals surface area contributed by atoms with Crippen LogP contribution < -0.4 is 0 Å². The quantitative estimate of drug-likeness (QED) is 0.846. The monoisotopic (exact) mass is 347 g/mol. The molecule has 0 fully saturated rings. The van der Waals surface area contributed by atoms with Crippen LogP contribution in [0.5, 0.6) is 0 Å². The molecule has 0 radical (unpaired) electrons. The SMILES string of the molecule is [2H]OC(=O)C([2H])([2H])[C@@]1(C([2H])(C)C([2H])([2H])[2H])OC([2H])([2H])C([2H])([2H])c2c1n([2H])c1c(C([2H])([2H])C([2H])([2H])C)c(C)c([2H])c([2H])c21. The van der Waals surface area contributed by atoms with Gasteiger partial charge in [-0.05, 0) is 42.3 Å². The third kappa shape index (κ3) is 2.53. The van der Waals surface area contributed by atoms with Gasteiger partial charge in [-0.1, -0.05) is 39.2 Å². The number of nitrogens with one attached hydrogen (secondary N) is 1. The number of ether oxygens (including phenoxy) is 1. The number of carboxylic acid groups (broad SMARTS) is 1. The summed E-state index contributed by atoms with van der Waals surface area (Å²) in [4.78, 5) is 12.8. The second-order valence-corrected chi connectivity index (χ2v) is 5.23. The summed E-state index contributed by atoms with van der Waals surface area (Å²) in [5.41, 5.74) is -8.48. The Morgan fingerprint density at radius 1 is 1.79 bits per heavy atom. The predicted molar refractivity (Wildman–Crippen MR) is 95.5 cm³/mol. The van der Waals surface area contributed by atoms with Gasteiger partial charge >= 0.3 is 5.97 Å². The number of aliphatic carboxylic acids is 1. The third-order valence-corrected chi connectivity index (χ3v) is 3.70. The van der Waals surface area contributed by atoms with Gasteiger partial charge in [-0.3, -0.25) is 4.79 Å². The van der Waals surface area contributed by atoms with Crippen molar-refractivity contribution in [2.75, 3.05) is 6.56 Å². The molecule has 2 atom stereocenters. The number of aromatic nitrogens is 1. The highest BCUT2D eigenvalue weighted by Gasteiger charge is 2.44. The predicted octanol–water partition coefficient (Wildman–Crippen LogP) is 4.33. The van der Waals surface area contributed by atoms with E-state index >= 15 is 0 Å². The number of rotatable bonds is 5. The van der Waals surface area contributed by atoms with Crippen LogP contribution in [0.1, 0.15) is 77.8 Å². The number of aromatic amines is 1. The fourth-order valence-electron chi connectivity index (χ4n) is 2.59. The molecule has 0 bridgehead atoms. The first-order valence-electron chi connectivity index (χ1n) is 15.9. The van der Waals surface area contributed by atoms with Gasteiger partial charge in [0.05, 0.1) is 24.1 Å². The van der Waals surface area contributed by atoms with Gasteiger partial charge in [-0.25, -0.2) is 0 Å². The summed E-state index contributed by atoms with van der Waals surface area (Å²) >= 11 is 0. The normalized spacial score (nSPS) is 40.3. The second-order valence-electron chi connectivity index (χ2n) is 5.23. The number of H-pyrrole nitrogens is 1. The van der Waals surface area contributed by atoms with Crippen molar-refractivity contribution < 1.29 is 38.0 Å². The zero-order chi connectivity index (χ0) is 33.2. The molecule has 2 aromatic rings. The van der Waals surface area contributed by atoms with Gasteiger partial charge in [0, 0.05) is 27.4 Å². The molecule has 1 aromatic carbocycles. The molecule has 4 heteroatoms. The average Bonchev–Trinajstić information content (AvgIpc) is 3.11. The lowest BCUT2D eigenvalue weighted by Crippen LogP contribution is -2.42. The Morgan fingerprint density at radius 3 is 3.33 bits per heavy atom. The Kier molecular flexibility index (Phi) is 1.46. The van der Waals surface area contributed by atoms with Crippen molar-refractivity contribution in [2.24, 2.45) is 5.89 Å². The zero-order valence-corrected chi connectivity index (χ0v) is 13.2. The largest absolute Gasteiger partial charge is 0.481 e. The van der Waals surface area contributed by atoms with Crippen molar-refractivity contribution in [3.8, 4) is 0 Å². The lowest BCUT2D eigenvalue weighted by Gasteiger charge is -2.39. The number of aryl methyl sites for hydroxylation is 2. The highest BCUT2D eigenvalue weighted by Crippen LogP contribution is 2.44. The van der Waals surface area contributed by atoms with Gasteiger partial charge in [0.15, 0.2) is 1.41 Å². The Morgan fingerprint density at radius 2 is 2.62 bits per heavy atom. The summed E-state index contributed by atoms with van der Waals surface area (Å²) in [7, 11) is 0. The number of hydrogen-bond donors (Lipinski definition) is 2. The van der Waals surface area contributed by atoms with Gasteiger partial charge in [0.2, 0.25) is 0 Å². The maximum absolute atomic E-state index is 12.8. The first kappa shape index (κ1) is 5.60. The Labute approximate surface area is 168 Å². The molecule has 4 nitrogen and oxygen atoms in total. The van der Waals surface area contributed by atoms with E-state index in [2.05, 4.69) is 5.11 Å². The summed E-state index contributed by atoms with van der Waals surface area (Å²) < 4.78 is 156. The van der Waals surface area contributed by atoms with E-state index in [0.29, 0.717) is 6.92 Å². The van der Waals surface area contributed by atoms with Gasteiger partial charge in [-0.15, -0.1) is 0 Å². The molecule has 0 amide bonds. The molecule has 1 aromatic heterocycles. The van der Waals surface area contributed by atoms with Crippen LogP contribution in [-0.4, -0.2) is 22.6 Å². The van der Waals surface area contributed by atoms with Crippen LogP contribution in [-0.2, 0) is 27.9 Å². The minimum atomic E-state index is -4.05. The van der Waals surface area contributed by atoms with Crippen LogP contribution in [0, 0.1) is 12.8 Å². The lowest BCUT2D eigenvalue weighted by atomic mass is 9.80. The van der Waals surface area contributed by atoms with E-state index in [-0.39, 0.29) is 4.98 Å². The Balaban J connectivity index is 2.93. The first-order valence-corrected chi connectivity index (χ1v) is 7.01. The van der Waals surface area contributed by atoms with Crippen molar-refractivity contribution in [1.29, 1.82) is 1.43 Å². The molecule has 1 unspecified atom stereocenters. The molecular weight excluding hydrogens is 302 g/mol. The molecule has 1 aliphatic heterocycles. The maximum atomic E-state index is 12.8. The molecule has 24 heavy (non-hydrogen) atoms. The van der Waals surface area contributed by atoms with Crippen molar-refractivity contribution in [1.82, 2.24) is 4.98 Å². The highest BCUT2D eigenvalue weighted by molar-refractivity contribution is 5.89. The molecule has 130 valence electrons. The van der Waals surface area contributed by atoms with Crippen molar-refractivity contribution in [2.45, 2.75) is 58.7 Å². The minimum Gasteiger partial charge on any atom is -0.481 e. The first-order chi connectivity index (χ1) is 18.4. The van der Waals surface area contributed by atoms with Crippen LogP contribution in [0.15, 0.2) is 12.1 Å². The minimum absolute atomic E-state index is 0.00525. The Bertz CT molecular complexity index is 1470. The van der Waals surface area contributed by atoms with Gasteiger partial charge in [-0.2, -0.15) is 0 Å². The number of fused-ring (bicyclic) bond motifs is 3. The third-order valence-electron chi connectivity index (χ3n) is 3.70. The molecule has 0 saturated heterocycles. The summed E-state index contributed by atoms with van der Waals surface area (Å²) in [5.74, 6) is -5.73. The van der Waals surface area contributed by atoms with Gasteiger partial charge < -0.3 is 14.8 Å². The number of hydrogen-bond acceptors (Lipinski definition) is 3. The summed E-state index contributed by atoms with van der Waals surface area (Å²) in [6.45, 7) is -5.11. The van der Waals surface area contributed by atoms with Crippen LogP contribution in [0.4, 0.5) is 0 Å². The van der Waals surface area contributed by atoms with Gasteiger partial charge in [0.1, 0.15) is 5.60 Å². The van der Waals surface area contributed by atoms with E-state index in [1.165, 1.54) is 0 Å². The standard InChI is InChI=1S/C20H27NO3/c1-5-6-14-13(4)7-8-15-16-9-10-24-20(12(2)3,11-17(22)23)19(16)21-18(14)15/h7-8,12,21H,5-6,9-11H2,1-4H3,(H,22,23)/t20-/m0/s1/i2D3,5D2,6D2,7D,8D,9D2,10D2,11D2,12D/hD2/t12?,20-. The van der Waals surface area contributed by atoms with Crippen LogP contribution in [0.3, 0.4) is 0 Å². The molecule has 2 heterocycles. The van der Waals surface area contributed by atoms with Crippen molar-refractivity contribution >= 4 is 16.9 Å². The van der Waals surface area contributed by atoms with Crippen molar-refractivity contribution in [3.05, 3.63) is 34.5 Å². The molecule has 0 aliphatic carbocycles. The number of carboxylic acids is 1. The fourth-order valence-corrected chi connectivity index (χ4v) is 2.59. The van der Waals surface area contributed by atoms with Crippen LogP contribution in [0.2, 0.25) is 1.41 Å². The van der Waals surface area contributed by atoms with E-state index in [4.69, 9.17) is 29.5 Å². The van der Waals surface area contributed by atoms with E-state index in [9.17, 15) is 4.79 Å². The summed E-state index contributed by atoms with van der Waals surface area (Å²) in [6, 6.07) is -1.74. The van der Waals surface area contributed by atoms with E-state index in [0.717, 1.165) is 13.8 Å². The topological polar surface area (TPSA) is 62.3 Å². The van der Waals surface area contributed by atoms with Crippen LogP contribution >= 0.6 is 0 Å². The van der Waals surface area contributed by atoms with E-state index in [1.807, 2.05) is 0 Å². The highest BCUT2D eigenvalue weighted by atomic mass is 16.5. The number of carbonyl (C=O) groups is 1. The van der Waals surface area contributed by atoms with Gasteiger partial charge in [0.25, 0.3) is 1.43 Å². The molecule has 1 aliphatic rings. The molecule has 0 spiro atoms. The second kappa shape index (κ2) is 6.25. The molecule has 0 saturated carbocycles. The smallest absolute Gasteiger partial charge is 0.306 e.